The summed E-state index contributed by atoms with van der Waals surface area (Å²) in [6.45, 7) is 0.137. The summed E-state index contributed by atoms with van der Waals surface area (Å²) in [5.41, 5.74) is 9.25. The van der Waals surface area contributed by atoms with Gasteiger partial charge in [0.25, 0.3) is 5.91 Å². The topological polar surface area (TPSA) is 93.4 Å². The fraction of sp³-hybridized carbons (Fsp3) is 0.200. The highest BCUT2D eigenvalue weighted by Gasteiger charge is 1.99. The molecule has 0 aliphatic carbocycles. The van der Waals surface area contributed by atoms with Gasteiger partial charge in [0.15, 0.2) is 0 Å². The van der Waals surface area contributed by atoms with E-state index < -0.39 is 5.91 Å². The number of nitrogens with two attached hydrogens (primary N) is 1. The maximum atomic E-state index is 11.0. The summed E-state index contributed by atoms with van der Waals surface area (Å²) in [7, 11) is 0. The van der Waals surface area contributed by atoms with Crippen LogP contribution in [0.3, 0.4) is 0 Å². The number of hydrogen-bond acceptors (Lipinski definition) is 4. The molecule has 0 aliphatic rings. The molecule has 0 radical (unpaired) electrons. The van der Waals surface area contributed by atoms with Crippen molar-refractivity contribution >= 4 is 18.0 Å². The molecule has 6 heteroatoms. The molecule has 0 spiro atoms. The Bertz CT molecular complexity index is 351. The molecular formula is C10H13N3O3. The highest BCUT2D eigenvalue weighted by atomic mass is 16.6. The molecule has 16 heavy (non-hydrogen) atoms. The molecule has 4 N–H and O–H groups in total. The summed E-state index contributed by atoms with van der Waals surface area (Å²) in [4.78, 5) is 25.8. The Balaban J connectivity index is 2.22. The Labute approximate surface area is 92.7 Å². The molecule has 0 aliphatic heterocycles. The summed E-state index contributed by atoms with van der Waals surface area (Å²) in [5.74, 6) is -0.414. The quantitative estimate of drug-likeness (QED) is 0.346. The zero-order chi connectivity index (χ0) is 11.8. The molecule has 0 bridgehead atoms. The van der Waals surface area contributed by atoms with E-state index in [0.717, 1.165) is 5.56 Å². The van der Waals surface area contributed by atoms with Gasteiger partial charge < -0.3 is 11.1 Å². The lowest BCUT2D eigenvalue weighted by Gasteiger charge is -2.05. The fourth-order valence-corrected chi connectivity index (χ4v) is 0.984. The predicted octanol–water partition coefficient (Wildman–Crippen LogP) is -0.437. The number of nitrogens with one attached hydrogen (secondary N) is 2. The van der Waals surface area contributed by atoms with E-state index in [1.165, 1.54) is 0 Å². The number of carbonyl (C=O) groups is 2. The van der Waals surface area contributed by atoms with Gasteiger partial charge in [0, 0.05) is 5.69 Å². The van der Waals surface area contributed by atoms with Crippen LogP contribution < -0.4 is 16.5 Å². The van der Waals surface area contributed by atoms with Gasteiger partial charge in [-0.05, 0) is 17.7 Å². The second kappa shape index (κ2) is 6.41. The van der Waals surface area contributed by atoms with E-state index in [-0.39, 0.29) is 13.2 Å². The van der Waals surface area contributed by atoms with Crippen molar-refractivity contribution in [2.75, 3.05) is 12.3 Å². The molecule has 0 aromatic heterocycles. The molecular weight excluding hydrogens is 210 g/mol. The zero-order valence-electron chi connectivity index (χ0n) is 8.60. The second-order valence-corrected chi connectivity index (χ2v) is 3.05. The maximum Gasteiger partial charge on any atom is 0.262 e. The minimum Gasteiger partial charge on any atom is -0.399 e. The third-order valence-electron chi connectivity index (χ3n) is 1.75. The molecule has 0 atom stereocenters. The largest absolute Gasteiger partial charge is 0.399 e. The number of amides is 2. The van der Waals surface area contributed by atoms with Crippen LogP contribution in [-0.4, -0.2) is 18.9 Å². The van der Waals surface area contributed by atoms with Crippen molar-refractivity contribution in [1.82, 2.24) is 10.8 Å². The third-order valence-corrected chi connectivity index (χ3v) is 1.75. The highest BCUT2D eigenvalue weighted by molar-refractivity contribution is 5.78. The van der Waals surface area contributed by atoms with Gasteiger partial charge in [-0.1, -0.05) is 12.1 Å². The molecule has 0 fully saturated rings. The summed E-state index contributed by atoms with van der Waals surface area (Å²) in [5, 5.41) is 2.22. The molecule has 86 valence electrons. The number of hydrogen-bond donors (Lipinski definition) is 3. The first-order chi connectivity index (χ1) is 7.72. The molecule has 1 rings (SSSR count). The predicted molar refractivity (Wildman–Crippen MR) is 57.9 cm³/mol. The third kappa shape index (κ3) is 4.43. The first-order valence-electron chi connectivity index (χ1n) is 4.64. The monoisotopic (exact) mass is 223 g/mol. The standard InChI is InChI=1S/C10H13N3O3/c11-9-3-1-8(2-4-9)6-16-13-10(15)5-12-7-14/h1-4,7H,5-6,11H2,(H,12,14)(H,13,15). The lowest BCUT2D eigenvalue weighted by Crippen LogP contribution is -2.33. The van der Waals surface area contributed by atoms with E-state index in [1.807, 2.05) is 0 Å². The van der Waals surface area contributed by atoms with Gasteiger partial charge >= 0.3 is 0 Å². The van der Waals surface area contributed by atoms with Crippen molar-refractivity contribution in [3.8, 4) is 0 Å². The molecule has 1 aromatic carbocycles. The Morgan fingerprint density at radius 1 is 1.38 bits per heavy atom. The highest BCUT2D eigenvalue weighted by Crippen LogP contribution is 2.05. The Morgan fingerprint density at radius 3 is 2.69 bits per heavy atom. The van der Waals surface area contributed by atoms with Crippen LogP contribution in [0, 0.1) is 0 Å². The van der Waals surface area contributed by atoms with E-state index in [0.29, 0.717) is 12.1 Å². The lowest BCUT2D eigenvalue weighted by molar-refractivity contribution is -0.134. The Kier molecular flexibility index (Phi) is 4.81. The van der Waals surface area contributed by atoms with Gasteiger partial charge in [0.1, 0.15) is 0 Å². The molecule has 0 saturated carbocycles. The van der Waals surface area contributed by atoms with Gasteiger partial charge in [-0.2, -0.15) is 0 Å². The van der Waals surface area contributed by atoms with Crippen molar-refractivity contribution in [3.05, 3.63) is 29.8 Å². The molecule has 0 saturated heterocycles. The van der Waals surface area contributed by atoms with Crippen molar-refractivity contribution in [1.29, 1.82) is 0 Å². The number of anilines is 1. The molecule has 6 nitrogen and oxygen atoms in total. The second-order valence-electron chi connectivity index (χ2n) is 3.05. The summed E-state index contributed by atoms with van der Waals surface area (Å²) >= 11 is 0. The van der Waals surface area contributed by atoms with E-state index in [9.17, 15) is 9.59 Å². The fourth-order valence-electron chi connectivity index (χ4n) is 0.984. The lowest BCUT2D eigenvalue weighted by atomic mass is 10.2. The maximum absolute atomic E-state index is 11.0. The Morgan fingerprint density at radius 2 is 2.06 bits per heavy atom. The number of nitrogen functional groups attached to an aromatic ring is 1. The van der Waals surface area contributed by atoms with Gasteiger partial charge in [0.05, 0.1) is 13.2 Å². The van der Waals surface area contributed by atoms with Crippen molar-refractivity contribution in [2.45, 2.75) is 6.61 Å². The van der Waals surface area contributed by atoms with Crippen LogP contribution in [0.15, 0.2) is 24.3 Å². The zero-order valence-corrected chi connectivity index (χ0v) is 8.60. The van der Waals surface area contributed by atoms with Gasteiger partial charge in [0.2, 0.25) is 6.41 Å². The molecule has 2 amide bonds. The molecule has 0 unspecified atom stereocenters. The first kappa shape index (κ1) is 12.0. The summed E-state index contributed by atoms with van der Waals surface area (Å²) in [6, 6.07) is 7.08. The summed E-state index contributed by atoms with van der Waals surface area (Å²) < 4.78 is 0. The van der Waals surface area contributed by atoms with Crippen molar-refractivity contribution in [3.63, 3.8) is 0 Å². The molecule has 1 aromatic rings. The van der Waals surface area contributed by atoms with Crippen molar-refractivity contribution < 1.29 is 14.4 Å². The number of hydroxylamine groups is 1. The molecule has 0 heterocycles. The van der Waals surface area contributed by atoms with Crippen LogP contribution in [0.1, 0.15) is 5.56 Å². The van der Waals surface area contributed by atoms with Crippen LogP contribution in [0.5, 0.6) is 0 Å². The first-order valence-corrected chi connectivity index (χ1v) is 4.64. The van der Waals surface area contributed by atoms with E-state index >= 15 is 0 Å². The van der Waals surface area contributed by atoms with Crippen LogP contribution in [0.4, 0.5) is 5.69 Å². The van der Waals surface area contributed by atoms with Gasteiger partial charge in [-0.25, -0.2) is 5.48 Å². The number of carbonyl (C=O) groups excluding carboxylic acids is 2. The van der Waals surface area contributed by atoms with E-state index in [2.05, 4.69) is 10.8 Å². The normalized spacial score (nSPS) is 9.50. The van der Waals surface area contributed by atoms with Crippen LogP contribution in [0.2, 0.25) is 0 Å². The van der Waals surface area contributed by atoms with Crippen LogP contribution in [0.25, 0.3) is 0 Å². The van der Waals surface area contributed by atoms with Gasteiger partial charge in [-0.15, -0.1) is 0 Å². The van der Waals surface area contributed by atoms with Crippen LogP contribution >= 0.6 is 0 Å². The average molecular weight is 223 g/mol. The average Bonchev–Trinajstić information content (AvgIpc) is 2.29. The van der Waals surface area contributed by atoms with Gasteiger partial charge in [-0.3, -0.25) is 14.4 Å². The van der Waals surface area contributed by atoms with E-state index in [4.69, 9.17) is 10.6 Å². The minimum atomic E-state index is -0.414. The number of rotatable bonds is 6. The smallest absolute Gasteiger partial charge is 0.262 e. The summed E-state index contributed by atoms with van der Waals surface area (Å²) in [6.07, 6.45) is 0.444. The number of benzene rings is 1. The Hall–Kier alpha value is -2.08. The van der Waals surface area contributed by atoms with E-state index in [1.54, 1.807) is 24.3 Å². The van der Waals surface area contributed by atoms with Crippen LogP contribution in [-0.2, 0) is 21.0 Å². The van der Waals surface area contributed by atoms with Crippen molar-refractivity contribution in [2.24, 2.45) is 0 Å². The minimum absolute atomic E-state index is 0.106. The SMILES string of the molecule is Nc1ccc(CONC(=O)CNC=O)cc1.